The van der Waals surface area contributed by atoms with E-state index in [1.807, 2.05) is 21.1 Å². The summed E-state index contributed by atoms with van der Waals surface area (Å²) in [6.45, 7) is 1.87. The van der Waals surface area contributed by atoms with Gasteiger partial charge in [-0.1, -0.05) is 122 Å². The average molecular weight is 708 g/mol. The van der Waals surface area contributed by atoms with Crippen LogP contribution >= 0.6 is 7.82 Å². The number of hydrogen-bond donors (Lipinski definition) is 1. The van der Waals surface area contributed by atoms with Crippen LogP contribution in [-0.2, 0) is 37.5 Å². The molecule has 0 aliphatic carbocycles. The average Bonchev–Trinajstić information content (AvgIpc) is 3.00. The number of rotatable bonds is 35. The van der Waals surface area contributed by atoms with E-state index >= 15 is 0 Å². The van der Waals surface area contributed by atoms with Crippen molar-refractivity contribution >= 4 is 25.7 Å². The first-order chi connectivity index (χ1) is 22.8. The van der Waals surface area contributed by atoms with Crippen molar-refractivity contribution < 1.29 is 52.0 Å². The molecule has 0 radical (unpaired) electrons. The third kappa shape index (κ3) is 34.3. The van der Waals surface area contributed by atoms with Crippen molar-refractivity contribution in [1.82, 2.24) is 0 Å². The molecule has 0 amide bonds. The van der Waals surface area contributed by atoms with Gasteiger partial charge in [-0.2, -0.15) is 0 Å². The summed E-state index contributed by atoms with van der Waals surface area (Å²) in [4.78, 5) is 47.8. The third-order valence-corrected chi connectivity index (χ3v) is 9.13. The zero-order valence-electron chi connectivity index (χ0n) is 30.9. The number of carboxylic acid groups (broad SMARTS) is 1. The zero-order chi connectivity index (χ0) is 35.9. The quantitative estimate of drug-likeness (QED) is 0.0296. The second-order valence-electron chi connectivity index (χ2n) is 14.1. The summed E-state index contributed by atoms with van der Waals surface area (Å²) in [5.41, 5.74) is 0. The molecule has 0 aromatic carbocycles. The molecule has 0 bridgehead atoms. The molecular weight excluding hydrogens is 637 g/mol. The number of hydrogen-bond acceptors (Lipinski definition) is 9. The minimum atomic E-state index is -4.63. The van der Waals surface area contributed by atoms with Crippen molar-refractivity contribution in [3.8, 4) is 0 Å². The van der Waals surface area contributed by atoms with Crippen molar-refractivity contribution in [3.05, 3.63) is 0 Å². The fraction of sp³-hybridized carbons (Fsp3) is 0.917. The Morgan fingerprint density at radius 1 is 0.625 bits per heavy atom. The zero-order valence-corrected chi connectivity index (χ0v) is 31.8. The molecule has 0 aromatic heterocycles. The van der Waals surface area contributed by atoms with Crippen LogP contribution in [0.5, 0.6) is 0 Å². The Morgan fingerprint density at radius 2 is 1.04 bits per heavy atom. The molecule has 11 nitrogen and oxygen atoms in total. The van der Waals surface area contributed by atoms with Crippen LogP contribution in [0.4, 0.5) is 0 Å². The number of carbonyl (C=O) groups excluding carboxylic acids is 2. The Morgan fingerprint density at radius 3 is 1.48 bits per heavy atom. The lowest BCUT2D eigenvalue weighted by molar-refractivity contribution is -0.870. The molecule has 0 saturated heterocycles. The van der Waals surface area contributed by atoms with Gasteiger partial charge in [0.05, 0.1) is 27.7 Å². The number of aliphatic carboxylic acids is 1. The Balaban J connectivity index is 4.42. The van der Waals surface area contributed by atoms with Crippen LogP contribution in [0.25, 0.3) is 0 Å². The molecule has 2 atom stereocenters. The standard InChI is InChI=1S/C36H70NO10P/c1-5-6-7-8-9-10-11-15-18-21-24-27-35(40)44-31-33(32-46-48(42,43)45-30-29-37(2,3)4)47-36(41)28-25-22-19-16-13-12-14-17-20-23-26-34(38)39/h33H,5-32H2,1-4H3,(H-,38,39,42,43)/t33-/m1/s1. The fourth-order valence-corrected chi connectivity index (χ4v) is 5.88. The van der Waals surface area contributed by atoms with E-state index in [1.54, 1.807) is 0 Å². The number of quaternary nitrogens is 1. The minimum Gasteiger partial charge on any atom is -0.756 e. The molecule has 0 rings (SSSR count). The molecular formula is C36H70NO10P. The first kappa shape index (κ1) is 46.5. The van der Waals surface area contributed by atoms with E-state index in [0.29, 0.717) is 17.4 Å². The first-order valence-electron chi connectivity index (χ1n) is 18.8. The van der Waals surface area contributed by atoms with Gasteiger partial charge in [0.25, 0.3) is 7.82 Å². The number of ether oxygens (including phenoxy) is 2. The van der Waals surface area contributed by atoms with Gasteiger partial charge in [-0.3, -0.25) is 18.9 Å². The van der Waals surface area contributed by atoms with Crippen LogP contribution in [-0.4, -0.2) is 81.1 Å². The van der Waals surface area contributed by atoms with Crippen LogP contribution in [0.1, 0.15) is 161 Å². The maximum Gasteiger partial charge on any atom is 0.306 e. The van der Waals surface area contributed by atoms with Gasteiger partial charge in [-0.15, -0.1) is 0 Å². The van der Waals surface area contributed by atoms with Crippen molar-refractivity contribution in [1.29, 1.82) is 0 Å². The molecule has 12 heteroatoms. The van der Waals surface area contributed by atoms with E-state index < -0.39 is 38.4 Å². The Hall–Kier alpha value is -1.52. The molecule has 0 spiro atoms. The second-order valence-corrected chi connectivity index (χ2v) is 15.5. The van der Waals surface area contributed by atoms with Gasteiger partial charge in [0, 0.05) is 19.3 Å². The van der Waals surface area contributed by atoms with Gasteiger partial charge in [0.2, 0.25) is 0 Å². The minimum absolute atomic E-state index is 0.0462. The summed E-state index contributed by atoms with van der Waals surface area (Å²) in [6, 6.07) is 0. The summed E-state index contributed by atoms with van der Waals surface area (Å²) in [6.07, 6.45) is 22.3. The Labute approximate surface area is 292 Å². The van der Waals surface area contributed by atoms with Gasteiger partial charge in [0.15, 0.2) is 6.10 Å². The largest absolute Gasteiger partial charge is 0.756 e. The van der Waals surface area contributed by atoms with Gasteiger partial charge >= 0.3 is 17.9 Å². The number of unbranched alkanes of at least 4 members (excludes halogenated alkanes) is 19. The molecule has 1 N–H and O–H groups in total. The normalized spacial score (nSPS) is 13.6. The smallest absolute Gasteiger partial charge is 0.306 e. The molecule has 1 unspecified atom stereocenters. The number of esters is 2. The molecule has 284 valence electrons. The van der Waals surface area contributed by atoms with Gasteiger partial charge < -0.3 is 33.0 Å². The van der Waals surface area contributed by atoms with Gasteiger partial charge in [-0.25, -0.2) is 0 Å². The van der Waals surface area contributed by atoms with Gasteiger partial charge in [-0.05, 0) is 19.3 Å². The van der Waals surface area contributed by atoms with Crippen molar-refractivity contribution in [3.63, 3.8) is 0 Å². The Kier molecular flexibility index (Phi) is 29.4. The second kappa shape index (κ2) is 30.3. The van der Waals surface area contributed by atoms with Crippen LogP contribution in [0.3, 0.4) is 0 Å². The number of carbonyl (C=O) groups is 3. The van der Waals surface area contributed by atoms with Crippen molar-refractivity contribution in [2.24, 2.45) is 0 Å². The summed E-state index contributed by atoms with van der Waals surface area (Å²) < 4.78 is 33.6. The number of phosphoric ester groups is 1. The lowest BCUT2D eigenvalue weighted by atomic mass is 10.1. The highest BCUT2D eigenvalue weighted by Crippen LogP contribution is 2.38. The number of nitrogens with zero attached hydrogens (tertiary/aromatic N) is 1. The van der Waals surface area contributed by atoms with Crippen LogP contribution in [0, 0.1) is 0 Å². The highest BCUT2D eigenvalue weighted by Gasteiger charge is 2.21. The molecule has 0 heterocycles. The Bertz CT molecular complexity index is 864. The van der Waals surface area contributed by atoms with E-state index in [1.165, 1.54) is 51.4 Å². The number of likely N-dealkylation sites (N-methyl/N-ethyl adjacent to an activating group) is 1. The molecule has 0 saturated carbocycles. The summed E-state index contributed by atoms with van der Waals surface area (Å²) in [5, 5.41) is 8.67. The maximum atomic E-state index is 12.6. The number of carboxylic acids is 1. The molecule has 0 aliphatic heterocycles. The molecule has 0 aliphatic rings. The molecule has 0 aromatic rings. The summed E-state index contributed by atoms with van der Waals surface area (Å²) in [7, 11) is 1.11. The van der Waals surface area contributed by atoms with E-state index in [9.17, 15) is 23.8 Å². The topological polar surface area (TPSA) is 148 Å². The van der Waals surface area contributed by atoms with Crippen LogP contribution < -0.4 is 4.89 Å². The van der Waals surface area contributed by atoms with E-state index in [-0.39, 0.29) is 32.5 Å². The fourth-order valence-electron chi connectivity index (χ4n) is 5.15. The lowest BCUT2D eigenvalue weighted by Gasteiger charge is -2.28. The first-order valence-corrected chi connectivity index (χ1v) is 20.3. The number of phosphoric acid groups is 1. The predicted molar refractivity (Wildman–Crippen MR) is 187 cm³/mol. The summed E-state index contributed by atoms with van der Waals surface area (Å²) >= 11 is 0. The predicted octanol–water partition coefficient (Wildman–Crippen LogP) is 8.12. The van der Waals surface area contributed by atoms with Crippen molar-refractivity contribution in [2.75, 3.05) is 47.5 Å². The molecule has 0 fully saturated rings. The highest BCUT2D eigenvalue weighted by molar-refractivity contribution is 7.45. The monoisotopic (exact) mass is 707 g/mol. The van der Waals surface area contributed by atoms with E-state index in [2.05, 4.69) is 6.92 Å². The third-order valence-electron chi connectivity index (χ3n) is 8.16. The van der Waals surface area contributed by atoms with Crippen LogP contribution in [0.2, 0.25) is 0 Å². The maximum absolute atomic E-state index is 12.6. The van der Waals surface area contributed by atoms with E-state index in [4.69, 9.17) is 23.6 Å². The van der Waals surface area contributed by atoms with E-state index in [0.717, 1.165) is 77.0 Å². The SMILES string of the molecule is CCCCCCCCCCCCCC(=O)OC[C@H](COP(=O)([O-])OCC[N+](C)(C)C)OC(=O)CCCCCCCCCCCCC(=O)O. The summed E-state index contributed by atoms with van der Waals surface area (Å²) in [5.74, 6) is -1.63. The van der Waals surface area contributed by atoms with Crippen molar-refractivity contribution in [2.45, 2.75) is 167 Å². The lowest BCUT2D eigenvalue weighted by Crippen LogP contribution is -2.37. The van der Waals surface area contributed by atoms with Crippen LogP contribution in [0.15, 0.2) is 0 Å². The molecule has 48 heavy (non-hydrogen) atoms. The van der Waals surface area contributed by atoms with Gasteiger partial charge in [0.1, 0.15) is 19.8 Å². The highest BCUT2D eigenvalue weighted by atomic mass is 31.2.